The second-order valence-electron chi connectivity index (χ2n) is 3.18. The fourth-order valence-corrected chi connectivity index (χ4v) is 0.972. The molecule has 2 N–H and O–H groups in total. The number of aliphatic hydroxyl groups excluding tert-OH is 1. The summed E-state index contributed by atoms with van der Waals surface area (Å²) in [4.78, 5) is 4.04. The van der Waals surface area contributed by atoms with E-state index in [1.807, 2.05) is 13.0 Å². The fraction of sp³-hybridized carbons (Fsp3) is 0.400. The molecule has 0 spiro atoms. The van der Waals surface area contributed by atoms with Crippen LogP contribution in [0.3, 0.4) is 0 Å². The third-order valence-electron chi connectivity index (χ3n) is 1.86. The molecular formula is C10H13N3O. The monoisotopic (exact) mass is 191 g/mol. The van der Waals surface area contributed by atoms with Crippen LogP contribution in [0.25, 0.3) is 0 Å². The number of pyridine rings is 1. The molecule has 0 fully saturated rings. The first-order chi connectivity index (χ1) is 6.77. The van der Waals surface area contributed by atoms with E-state index in [-0.39, 0.29) is 12.5 Å². The number of anilines is 1. The number of nitriles is 1. The first-order valence-corrected chi connectivity index (χ1v) is 4.47. The molecule has 1 atom stereocenters. The predicted molar refractivity (Wildman–Crippen MR) is 53.7 cm³/mol. The summed E-state index contributed by atoms with van der Waals surface area (Å²) >= 11 is 0. The molecule has 0 aliphatic heterocycles. The molecule has 1 heterocycles. The van der Waals surface area contributed by atoms with E-state index in [9.17, 15) is 0 Å². The Labute approximate surface area is 83.2 Å². The lowest BCUT2D eigenvalue weighted by molar-refractivity contribution is 0.244. The first kappa shape index (κ1) is 10.5. The Morgan fingerprint density at radius 1 is 1.71 bits per heavy atom. The van der Waals surface area contributed by atoms with Crippen LogP contribution in [0.5, 0.6) is 0 Å². The Hall–Kier alpha value is -1.60. The molecule has 1 rings (SSSR count). The van der Waals surface area contributed by atoms with Gasteiger partial charge in [-0.15, -0.1) is 0 Å². The summed E-state index contributed by atoms with van der Waals surface area (Å²) in [6.45, 7) is 2.66. The Morgan fingerprint density at radius 2 is 2.50 bits per heavy atom. The van der Waals surface area contributed by atoms with Crippen molar-refractivity contribution in [2.45, 2.75) is 6.92 Å². The normalized spacial score (nSPS) is 11.8. The van der Waals surface area contributed by atoms with E-state index in [1.54, 1.807) is 18.3 Å². The molecule has 1 aromatic heterocycles. The maximum atomic E-state index is 8.81. The van der Waals surface area contributed by atoms with Crippen molar-refractivity contribution in [1.29, 1.82) is 5.26 Å². The molecular weight excluding hydrogens is 178 g/mol. The van der Waals surface area contributed by atoms with Crippen molar-refractivity contribution in [3.63, 3.8) is 0 Å². The highest BCUT2D eigenvalue weighted by Gasteiger charge is 2.03. The standard InChI is InChI=1S/C10H13N3O/c1-8(7-14)6-13-10-9(5-11)3-2-4-12-10/h2-4,8,14H,6-7H2,1H3,(H,12,13). The fourth-order valence-electron chi connectivity index (χ4n) is 0.972. The zero-order chi connectivity index (χ0) is 10.4. The lowest BCUT2D eigenvalue weighted by atomic mass is 10.2. The van der Waals surface area contributed by atoms with Crippen LogP contribution in [-0.2, 0) is 0 Å². The smallest absolute Gasteiger partial charge is 0.143 e. The van der Waals surface area contributed by atoms with E-state index in [4.69, 9.17) is 10.4 Å². The molecule has 74 valence electrons. The number of hydrogen-bond donors (Lipinski definition) is 2. The number of aliphatic hydroxyl groups is 1. The summed E-state index contributed by atoms with van der Waals surface area (Å²) in [6.07, 6.45) is 1.63. The highest BCUT2D eigenvalue weighted by molar-refractivity contribution is 5.51. The molecule has 1 unspecified atom stereocenters. The summed E-state index contributed by atoms with van der Waals surface area (Å²) in [5, 5.41) is 20.6. The first-order valence-electron chi connectivity index (χ1n) is 4.47. The Bertz CT molecular complexity index is 332. The van der Waals surface area contributed by atoms with Crippen LogP contribution in [0.4, 0.5) is 5.82 Å². The minimum Gasteiger partial charge on any atom is -0.396 e. The van der Waals surface area contributed by atoms with E-state index in [1.165, 1.54) is 0 Å². The van der Waals surface area contributed by atoms with E-state index in [0.29, 0.717) is 17.9 Å². The van der Waals surface area contributed by atoms with Gasteiger partial charge < -0.3 is 10.4 Å². The zero-order valence-corrected chi connectivity index (χ0v) is 8.07. The van der Waals surface area contributed by atoms with Crippen molar-refractivity contribution >= 4 is 5.82 Å². The van der Waals surface area contributed by atoms with Crippen molar-refractivity contribution in [3.8, 4) is 6.07 Å². The molecule has 4 nitrogen and oxygen atoms in total. The Kier molecular flexibility index (Phi) is 3.89. The summed E-state index contributed by atoms with van der Waals surface area (Å²) in [5.74, 6) is 0.735. The average molecular weight is 191 g/mol. The second-order valence-corrected chi connectivity index (χ2v) is 3.18. The maximum Gasteiger partial charge on any atom is 0.143 e. The number of nitrogens with zero attached hydrogens (tertiary/aromatic N) is 2. The van der Waals surface area contributed by atoms with Gasteiger partial charge in [-0.2, -0.15) is 5.26 Å². The van der Waals surface area contributed by atoms with E-state index < -0.39 is 0 Å². The molecule has 0 bridgehead atoms. The maximum absolute atomic E-state index is 8.81. The van der Waals surface area contributed by atoms with Crippen LogP contribution in [-0.4, -0.2) is 23.2 Å². The van der Waals surface area contributed by atoms with Crippen molar-refractivity contribution in [1.82, 2.24) is 4.98 Å². The average Bonchev–Trinajstić information content (AvgIpc) is 2.26. The predicted octanol–water partition coefficient (Wildman–Crippen LogP) is 0.994. The second kappa shape index (κ2) is 5.20. The quantitative estimate of drug-likeness (QED) is 0.744. The van der Waals surface area contributed by atoms with Gasteiger partial charge in [0.1, 0.15) is 11.9 Å². The van der Waals surface area contributed by atoms with Gasteiger partial charge in [0.05, 0.1) is 5.56 Å². The van der Waals surface area contributed by atoms with Crippen molar-refractivity contribution in [2.24, 2.45) is 5.92 Å². The van der Waals surface area contributed by atoms with Gasteiger partial charge in [-0.1, -0.05) is 6.92 Å². The van der Waals surface area contributed by atoms with E-state index in [2.05, 4.69) is 10.3 Å². The van der Waals surface area contributed by atoms with Crippen LogP contribution < -0.4 is 5.32 Å². The number of aromatic nitrogens is 1. The molecule has 0 saturated heterocycles. The minimum atomic E-state index is 0.127. The number of rotatable bonds is 4. The molecule has 0 aliphatic carbocycles. The molecule has 0 aromatic carbocycles. The number of nitrogens with one attached hydrogen (secondary N) is 1. The van der Waals surface area contributed by atoms with Gasteiger partial charge in [-0.25, -0.2) is 4.98 Å². The van der Waals surface area contributed by atoms with E-state index in [0.717, 1.165) is 0 Å². The van der Waals surface area contributed by atoms with Gasteiger partial charge in [0, 0.05) is 19.3 Å². The van der Waals surface area contributed by atoms with E-state index >= 15 is 0 Å². The van der Waals surface area contributed by atoms with Crippen LogP contribution in [0.15, 0.2) is 18.3 Å². The van der Waals surface area contributed by atoms with Crippen molar-refractivity contribution in [2.75, 3.05) is 18.5 Å². The molecule has 0 amide bonds. The zero-order valence-electron chi connectivity index (χ0n) is 8.07. The SMILES string of the molecule is CC(CO)CNc1ncccc1C#N. The van der Waals surface area contributed by atoms with Gasteiger partial charge in [0.25, 0.3) is 0 Å². The van der Waals surface area contributed by atoms with Gasteiger partial charge in [-0.05, 0) is 18.1 Å². The van der Waals surface area contributed by atoms with Crippen LogP contribution in [0, 0.1) is 17.2 Å². The third-order valence-corrected chi connectivity index (χ3v) is 1.86. The molecule has 14 heavy (non-hydrogen) atoms. The summed E-state index contributed by atoms with van der Waals surface area (Å²) in [6, 6.07) is 5.48. The summed E-state index contributed by atoms with van der Waals surface area (Å²) < 4.78 is 0. The lowest BCUT2D eigenvalue weighted by Gasteiger charge is -2.10. The van der Waals surface area contributed by atoms with Crippen LogP contribution in [0.1, 0.15) is 12.5 Å². The summed E-state index contributed by atoms with van der Waals surface area (Å²) in [5.41, 5.74) is 0.526. The highest BCUT2D eigenvalue weighted by atomic mass is 16.3. The number of hydrogen-bond acceptors (Lipinski definition) is 4. The van der Waals surface area contributed by atoms with Gasteiger partial charge in [0.2, 0.25) is 0 Å². The summed E-state index contributed by atoms with van der Waals surface area (Å²) in [7, 11) is 0. The van der Waals surface area contributed by atoms with Gasteiger partial charge in [0.15, 0.2) is 0 Å². The molecule has 1 aromatic rings. The highest BCUT2D eigenvalue weighted by Crippen LogP contribution is 2.09. The van der Waals surface area contributed by atoms with Gasteiger partial charge >= 0.3 is 0 Å². The largest absolute Gasteiger partial charge is 0.396 e. The van der Waals surface area contributed by atoms with Crippen LogP contribution >= 0.6 is 0 Å². The van der Waals surface area contributed by atoms with Crippen molar-refractivity contribution in [3.05, 3.63) is 23.9 Å². The third kappa shape index (κ3) is 2.71. The van der Waals surface area contributed by atoms with Gasteiger partial charge in [-0.3, -0.25) is 0 Å². The van der Waals surface area contributed by atoms with Crippen LogP contribution in [0.2, 0.25) is 0 Å². The molecule has 4 heteroatoms. The van der Waals surface area contributed by atoms with Crippen molar-refractivity contribution < 1.29 is 5.11 Å². The lowest BCUT2D eigenvalue weighted by Crippen LogP contribution is -2.15. The Morgan fingerprint density at radius 3 is 3.14 bits per heavy atom. The molecule has 0 radical (unpaired) electrons. The Balaban J connectivity index is 2.63. The molecule has 0 saturated carbocycles. The molecule has 0 aliphatic rings. The minimum absolute atomic E-state index is 0.127. The topological polar surface area (TPSA) is 68.9 Å².